The van der Waals surface area contributed by atoms with Crippen molar-refractivity contribution in [3.63, 3.8) is 0 Å². The predicted octanol–water partition coefficient (Wildman–Crippen LogP) is 4.66. The van der Waals surface area contributed by atoms with E-state index in [4.69, 9.17) is 5.73 Å². The zero-order chi connectivity index (χ0) is 29.5. The second-order valence-electron chi connectivity index (χ2n) is 11.3. The van der Waals surface area contributed by atoms with Crippen molar-refractivity contribution in [1.82, 2.24) is 4.90 Å². The van der Waals surface area contributed by atoms with Crippen LogP contribution in [0.4, 0.5) is 18.9 Å². The molecule has 40 heavy (non-hydrogen) atoms. The van der Waals surface area contributed by atoms with Gasteiger partial charge < -0.3 is 15.5 Å². The van der Waals surface area contributed by atoms with E-state index in [1.807, 2.05) is 20.9 Å². The number of primary amides is 1. The van der Waals surface area contributed by atoms with Crippen LogP contribution in [0.2, 0.25) is 0 Å². The molecular formula is C29H36F3N3O4S. The second-order valence-corrected chi connectivity index (χ2v) is 13.4. The monoisotopic (exact) mass is 579 g/mol. The van der Waals surface area contributed by atoms with Crippen LogP contribution in [0.3, 0.4) is 0 Å². The van der Waals surface area contributed by atoms with Crippen molar-refractivity contribution in [1.29, 1.82) is 0 Å². The molecule has 2 aromatic carbocycles. The van der Waals surface area contributed by atoms with Gasteiger partial charge in [-0.1, -0.05) is 24.3 Å². The molecule has 2 N–H and O–H groups in total. The van der Waals surface area contributed by atoms with E-state index in [2.05, 4.69) is 4.90 Å². The van der Waals surface area contributed by atoms with Crippen LogP contribution < -0.4 is 10.6 Å². The van der Waals surface area contributed by atoms with Gasteiger partial charge in [0.15, 0.2) is 9.84 Å². The third kappa shape index (κ3) is 6.05. The van der Waals surface area contributed by atoms with Crippen LogP contribution in [0, 0.1) is 11.3 Å². The zero-order valence-corrected chi connectivity index (χ0v) is 23.7. The predicted molar refractivity (Wildman–Crippen MR) is 146 cm³/mol. The van der Waals surface area contributed by atoms with Crippen molar-refractivity contribution < 1.29 is 31.2 Å². The molecule has 0 saturated heterocycles. The number of alkyl halides is 3. The molecule has 0 aromatic heterocycles. The SMILES string of the molecule is CC(C)N(C)[C@H]1CC[C@H](N(C(=O)C2(C(N)=O)CC2)c2cccc(C(F)(F)F)c2)[C@@H](CS(=O)(=O)c2ccccc2)C1. The molecule has 0 aliphatic heterocycles. The molecule has 2 aromatic rings. The molecule has 2 saturated carbocycles. The summed E-state index contributed by atoms with van der Waals surface area (Å²) >= 11 is 0. The van der Waals surface area contributed by atoms with Gasteiger partial charge in [-0.2, -0.15) is 13.2 Å². The average molecular weight is 580 g/mol. The Kier molecular flexibility index (Phi) is 8.38. The first kappa shape index (κ1) is 30.0. The third-order valence-electron chi connectivity index (χ3n) is 8.47. The Balaban J connectivity index is 1.81. The number of benzene rings is 2. The molecule has 0 heterocycles. The number of nitrogens with two attached hydrogens (primary N) is 1. The maximum atomic E-state index is 14.0. The summed E-state index contributed by atoms with van der Waals surface area (Å²) in [5, 5.41) is 0. The Morgan fingerprint density at radius 3 is 2.25 bits per heavy atom. The Morgan fingerprint density at radius 2 is 1.70 bits per heavy atom. The molecule has 2 fully saturated rings. The number of amides is 2. The van der Waals surface area contributed by atoms with E-state index in [0.717, 1.165) is 12.1 Å². The van der Waals surface area contributed by atoms with Gasteiger partial charge in [0, 0.05) is 23.8 Å². The molecule has 0 unspecified atom stereocenters. The van der Waals surface area contributed by atoms with Crippen LogP contribution >= 0.6 is 0 Å². The van der Waals surface area contributed by atoms with Gasteiger partial charge in [-0.05, 0) is 89.2 Å². The van der Waals surface area contributed by atoms with Crippen LogP contribution in [-0.4, -0.2) is 56.1 Å². The fourth-order valence-electron chi connectivity index (χ4n) is 5.75. The first-order valence-electron chi connectivity index (χ1n) is 13.5. The molecule has 0 spiro atoms. The molecule has 0 radical (unpaired) electrons. The van der Waals surface area contributed by atoms with Crippen molar-refractivity contribution in [2.45, 2.75) is 75.1 Å². The topological polar surface area (TPSA) is 101 Å². The average Bonchev–Trinajstić information content (AvgIpc) is 3.72. The van der Waals surface area contributed by atoms with Crippen molar-refractivity contribution in [3.05, 3.63) is 60.2 Å². The number of carbonyl (C=O) groups excluding carboxylic acids is 2. The van der Waals surface area contributed by atoms with Crippen LogP contribution in [-0.2, 0) is 25.6 Å². The van der Waals surface area contributed by atoms with Crippen LogP contribution in [0.5, 0.6) is 0 Å². The number of halogens is 3. The lowest BCUT2D eigenvalue weighted by Gasteiger charge is -2.46. The Morgan fingerprint density at radius 1 is 1.05 bits per heavy atom. The van der Waals surface area contributed by atoms with Gasteiger partial charge in [0.1, 0.15) is 5.41 Å². The number of nitrogens with zero attached hydrogens (tertiary/aromatic N) is 2. The van der Waals surface area contributed by atoms with Gasteiger partial charge in [0.25, 0.3) is 0 Å². The van der Waals surface area contributed by atoms with Crippen molar-refractivity contribution in [3.8, 4) is 0 Å². The van der Waals surface area contributed by atoms with E-state index < -0.39 is 50.8 Å². The fraction of sp³-hybridized carbons (Fsp3) is 0.517. The lowest BCUT2D eigenvalue weighted by molar-refractivity contribution is -0.138. The lowest BCUT2D eigenvalue weighted by Crippen LogP contribution is -2.56. The molecule has 218 valence electrons. The van der Waals surface area contributed by atoms with Gasteiger partial charge in [-0.3, -0.25) is 9.59 Å². The molecular weight excluding hydrogens is 543 g/mol. The standard InChI is InChI=1S/C29H36F3N3O4S/c1-19(2)34(3)22-12-13-25(20(16-22)18-40(38,39)24-10-5-4-6-11-24)35(27(37)28(14-15-28)26(33)36)23-9-7-8-21(17-23)29(30,31)32/h4-11,17,19-20,22,25H,12-16,18H2,1-3H3,(H2,33,36)/t20-,22+,25+/m1/s1. The summed E-state index contributed by atoms with van der Waals surface area (Å²) in [6.07, 6.45) is -2.87. The van der Waals surface area contributed by atoms with Crippen LogP contribution in [0.15, 0.2) is 59.5 Å². The van der Waals surface area contributed by atoms with Gasteiger partial charge in [-0.15, -0.1) is 0 Å². The second kappa shape index (κ2) is 11.2. The lowest BCUT2D eigenvalue weighted by atomic mass is 9.80. The summed E-state index contributed by atoms with van der Waals surface area (Å²) < 4.78 is 68.2. The summed E-state index contributed by atoms with van der Waals surface area (Å²) in [5.41, 5.74) is 3.16. The number of anilines is 1. The number of sulfone groups is 1. The minimum atomic E-state index is -4.65. The van der Waals surface area contributed by atoms with E-state index in [1.54, 1.807) is 18.2 Å². The van der Waals surface area contributed by atoms with Gasteiger partial charge >= 0.3 is 6.18 Å². The highest BCUT2D eigenvalue weighted by molar-refractivity contribution is 7.91. The molecule has 2 aliphatic rings. The number of hydrogen-bond acceptors (Lipinski definition) is 5. The summed E-state index contributed by atoms with van der Waals surface area (Å²) in [6.45, 7) is 4.06. The highest BCUT2D eigenvalue weighted by Gasteiger charge is 2.59. The zero-order valence-electron chi connectivity index (χ0n) is 22.9. The first-order chi connectivity index (χ1) is 18.7. The van der Waals surface area contributed by atoms with Crippen molar-refractivity contribution in [2.24, 2.45) is 17.1 Å². The maximum absolute atomic E-state index is 14.0. The number of carbonyl (C=O) groups is 2. The molecule has 2 amide bonds. The molecule has 7 nitrogen and oxygen atoms in total. The maximum Gasteiger partial charge on any atom is 0.416 e. The number of hydrogen-bond donors (Lipinski definition) is 1. The molecule has 2 aliphatic carbocycles. The summed E-state index contributed by atoms with van der Waals surface area (Å²) in [6, 6.07) is 11.9. The number of rotatable bonds is 9. The van der Waals surface area contributed by atoms with Gasteiger partial charge in [0.2, 0.25) is 11.8 Å². The Labute approximate surface area is 233 Å². The van der Waals surface area contributed by atoms with Crippen LogP contribution in [0.25, 0.3) is 0 Å². The van der Waals surface area contributed by atoms with E-state index in [1.165, 1.54) is 29.2 Å². The summed E-state index contributed by atoms with van der Waals surface area (Å²) in [7, 11) is -1.84. The summed E-state index contributed by atoms with van der Waals surface area (Å²) in [4.78, 5) is 29.9. The molecule has 4 rings (SSSR count). The van der Waals surface area contributed by atoms with E-state index in [9.17, 15) is 31.2 Å². The third-order valence-corrected chi connectivity index (χ3v) is 10.3. The summed E-state index contributed by atoms with van der Waals surface area (Å²) in [5.74, 6) is -2.39. The minimum absolute atomic E-state index is 0.0108. The molecule has 11 heteroatoms. The Bertz CT molecular complexity index is 1340. The van der Waals surface area contributed by atoms with Gasteiger partial charge in [0.05, 0.1) is 16.2 Å². The van der Waals surface area contributed by atoms with Crippen molar-refractivity contribution in [2.75, 3.05) is 17.7 Å². The molecule has 3 atom stereocenters. The highest BCUT2D eigenvalue weighted by Crippen LogP contribution is 2.49. The first-order valence-corrected chi connectivity index (χ1v) is 15.1. The fourth-order valence-corrected chi connectivity index (χ4v) is 7.44. The largest absolute Gasteiger partial charge is 0.416 e. The Hall–Kier alpha value is -2.92. The smallest absolute Gasteiger partial charge is 0.369 e. The highest BCUT2D eigenvalue weighted by atomic mass is 32.2. The van der Waals surface area contributed by atoms with E-state index in [0.29, 0.717) is 19.3 Å². The minimum Gasteiger partial charge on any atom is -0.369 e. The molecule has 0 bridgehead atoms. The van der Waals surface area contributed by atoms with E-state index >= 15 is 0 Å². The normalized spacial score (nSPS) is 22.8. The van der Waals surface area contributed by atoms with E-state index in [-0.39, 0.29) is 41.3 Å². The van der Waals surface area contributed by atoms with Crippen LogP contribution in [0.1, 0.15) is 51.5 Å². The van der Waals surface area contributed by atoms with Crippen molar-refractivity contribution >= 4 is 27.3 Å². The quantitative estimate of drug-likeness (QED) is 0.436. The van der Waals surface area contributed by atoms with Gasteiger partial charge in [-0.25, -0.2) is 8.42 Å².